The largest absolute Gasteiger partial charge is 0.479 e. The van der Waals surface area contributed by atoms with E-state index in [2.05, 4.69) is 0 Å². The summed E-state index contributed by atoms with van der Waals surface area (Å²) in [6.45, 7) is 1.79. The number of nitriles is 1. The molecule has 90 valence electrons. The molecule has 0 aliphatic carbocycles. The molecule has 5 nitrogen and oxygen atoms in total. The third-order valence-electron chi connectivity index (χ3n) is 2.14. The summed E-state index contributed by atoms with van der Waals surface area (Å²) in [5, 5.41) is 8.96. The van der Waals surface area contributed by atoms with E-state index < -0.39 is 12.0 Å². The first-order valence-corrected chi connectivity index (χ1v) is 5.37. The van der Waals surface area contributed by atoms with E-state index in [-0.39, 0.29) is 5.02 Å². The Balaban J connectivity index is 2.87. The first kappa shape index (κ1) is 13.3. The maximum absolute atomic E-state index is 11.3. The first-order chi connectivity index (χ1) is 8.12. The van der Waals surface area contributed by atoms with Crippen molar-refractivity contribution in [2.75, 3.05) is 0 Å². The molecule has 6 heteroatoms. The molecule has 1 amide bonds. The van der Waals surface area contributed by atoms with Gasteiger partial charge >= 0.3 is 0 Å². The van der Waals surface area contributed by atoms with E-state index in [1.165, 1.54) is 6.07 Å². The zero-order chi connectivity index (χ0) is 12.8. The number of benzene rings is 1. The lowest BCUT2D eigenvalue weighted by atomic mass is 10.2. The van der Waals surface area contributed by atoms with Crippen LogP contribution in [0.5, 0.6) is 5.75 Å². The molecule has 0 aliphatic heterocycles. The third kappa shape index (κ3) is 3.34. The maximum atomic E-state index is 11.3. The molecular weight excluding hydrogens is 242 g/mol. The Morgan fingerprint density at radius 1 is 1.71 bits per heavy atom. The fourth-order valence-electron chi connectivity index (χ4n) is 1.23. The molecule has 0 heterocycles. The molecule has 1 atom stereocenters. The normalized spacial score (nSPS) is 11.4. The van der Waals surface area contributed by atoms with Gasteiger partial charge in [0, 0.05) is 0 Å². The molecule has 0 spiro atoms. The van der Waals surface area contributed by atoms with Crippen molar-refractivity contribution >= 4 is 17.5 Å². The van der Waals surface area contributed by atoms with Crippen LogP contribution in [0, 0.1) is 11.3 Å². The number of rotatable bonds is 4. The van der Waals surface area contributed by atoms with Gasteiger partial charge in [0.2, 0.25) is 0 Å². The highest BCUT2D eigenvalue weighted by Gasteiger charge is 2.18. The number of carbonyl (C=O) groups excluding carboxylic acids is 1. The molecule has 17 heavy (non-hydrogen) atoms. The minimum atomic E-state index is -0.703. The molecule has 0 aliphatic rings. The Labute approximate surface area is 104 Å². The number of ether oxygens (including phenoxy) is 1. The molecule has 0 fully saturated rings. The van der Waals surface area contributed by atoms with E-state index in [0.717, 1.165) is 0 Å². The Morgan fingerprint density at radius 2 is 2.41 bits per heavy atom. The predicted molar refractivity (Wildman–Crippen MR) is 63.2 cm³/mol. The van der Waals surface area contributed by atoms with Crippen LogP contribution in [-0.4, -0.2) is 12.0 Å². The number of carbonyl (C=O) groups is 1. The van der Waals surface area contributed by atoms with Crippen LogP contribution in [0.15, 0.2) is 18.2 Å². The number of hydrazine groups is 1. The van der Waals surface area contributed by atoms with Gasteiger partial charge in [-0.3, -0.25) is 10.2 Å². The van der Waals surface area contributed by atoms with Crippen molar-refractivity contribution in [3.8, 4) is 11.8 Å². The monoisotopic (exact) mass is 253 g/mol. The zero-order valence-electron chi connectivity index (χ0n) is 9.24. The van der Waals surface area contributed by atoms with Crippen molar-refractivity contribution in [1.29, 1.82) is 5.26 Å². The fourth-order valence-corrected chi connectivity index (χ4v) is 1.46. The van der Waals surface area contributed by atoms with E-state index in [9.17, 15) is 4.79 Å². The van der Waals surface area contributed by atoms with Gasteiger partial charge in [0.15, 0.2) is 6.10 Å². The summed E-state index contributed by atoms with van der Waals surface area (Å²) in [4.78, 5) is 11.3. The quantitative estimate of drug-likeness (QED) is 0.482. The standard InChI is InChI=1S/C11H12ClN3O2/c1-2-9(11(16)15-14)17-10-4-3-7(6-13)5-8(10)12/h3-5,9H,2,14H2,1H3,(H,15,16). The molecule has 0 radical (unpaired) electrons. The van der Waals surface area contributed by atoms with Crippen LogP contribution < -0.4 is 16.0 Å². The van der Waals surface area contributed by atoms with Crippen LogP contribution in [0.25, 0.3) is 0 Å². The Kier molecular flexibility index (Phi) is 4.76. The smallest absolute Gasteiger partial charge is 0.274 e. The van der Waals surface area contributed by atoms with Crippen LogP contribution in [0.3, 0.4) is 0 Å². The topological polar surface area (TPSA) is 88.1 Å². The highest BCUT2D eigenvalue weighted by Crippen LogP contribution is 2.26. The summed E-state index contributed by atoms with van der Waals surface area (Å²) in [5.41, 5.74) is 2.45. The average molecular weight is 254 g/mol. The average Bonchev–Trinajstić information content (AvgIpc) is 2.36. The van der Waals surface area contributed by atoms with Crippen LogP contribution in [-0.2, 0) is 4.79 Å². The summed E-state index contributed by atoms with van der Waals surface area (Å²) in [6, 6.07) is 6.55. The van der Waals surface area contributed by atoms with Crippen molar-refractivity contribution in [2.45, 2.75) is 19.4 Å². The molecule has 0 saturated carbocycles. The zero-order valence-corrected chi connectivity index (χ0v) is 9.99. The van der Waals surface area contributed by atoms with E-state index >= 15 is 0 Å². The SMILES string of the molecule is CCC(Oc1ccc(C#N)cc1Cl)C(=O)NN. The number of nitrogens with two attached hydrogens (primary N) is 1. The van der Waals surface area contributed by atoms with Gasteiger partial charge in [-0.1, -0.05) is 18.5 Å². The maximum Gasteiger partial charge on any atom is 0.274 e. The van der Waals surface area contributed by atoms with Gasteiger partial charge in [-0.25, -0.2) is 5.84 Å². The van der Waals surface area contributed by atoms with Gasteiger partial charge in [0.1, 0.15) is 5.75 Å². The predicted octanol–water partition coefficient (Wildman–Crippen LogP) is 1.36. The molecule has 0 saturated heterocycles. The second kappa shape index (κ2) is 6.09. The molecule has 1 aromatic rings. The van der Waals surface area contributed by atoms with Crippen LogP contribution in [0.4, 0.5) is 0 Å². The van der Waals surface area contributed by atoms with E-state index in [1.807, 2.05) is 11.5 Å². The summed E-state index contributed by atoms with van der Waals surface area (Å²) in [7, 11) is 0. The highest BCUT2D eigenvalue weighted by molar-refractivity contribution is 6.32. The summed E-state index contributed by atoms with van der Waals surface area (Å²) < 4.78 is 5.41. The van der Waals surface area contributed by atoms with Gasteiger partial charge < -0.3 is 4.74 Å². The van der Waals surface area contributed by atoms with Crippen molar-refractivity contribution < 1.29 is 9.53 Å². The highest BCUT2D eigenvalue weighted by atomic mass is 35.5. The summed E-state index contributed by atoms with van der Waals surface area (Å²) in [6.07, 6.45) is -0.246. The van der Waals surface area contributed by atoms with Crippen molar-refractivity contribution in [2.24, 2.45) is 5.84 Å². The van der Waals surface area contributed by atoms with Crippen LogP contribution in [0.1, 0.15) is 18.9 Å². The van der Waals surface area contributed by atoms with Gasteiger partial charge in [-0.05, 0) is 24.6 Å². The Hall–Kier alpha value is -1.77. The van der Waals surface area contributed by atoms with E-state index in [0.29, 0.717) is 17.7 Å². The number of nitrogens with one attached hydrogen (secondary N) is 1. The lowest BCUT2D eigenvalue weighted by molar-refractivity contribution is -0.128. The van der Waals surface area contributed by atoms with Gasteiger partial charge in [-0.15, -0.1) is 0 Å². The minimum absolute atomic E-state index is 0.285. The molecule has 1 aromatic carbocycles. The van der Waals surface area contributed by atoms with Crippen molar-refractivity contribution in [3.63, 3.8) is 0 Å². The number of amides is 1. The van der Waals surface area contributed by atoms with Crippen molar-refractivity contribution in [3.05, 3.63) is 28.8 Å². The van der Waals surface area contributed by atoms with Gasteiger partial charge in [-0.2, -0.15) is 5.26 Å². The number of halogens is 1. The summed E-state index contributed by atoms with van der Waals surface area (Å²) in [5.74, 6) is 4.96. The second-order valence-electron chi connectivity index (χ2n) is 3.28. The Bertz CT molecular complexity index is 457. The second-order valence-corrected chi connectivity index (χ2v) is 3.69. The number of hydrogen-bond donors (Lipinski definition) is 2. The minimum Gasteiger partial charge on any atom is -0.479 e. The van der Waals surface area contributed by atoms with Crippen LogP contribution in [0.2, 0.25) is 5.02 Å². The van der Waals surface area contributed by atoms with E-state index in [4.69, 9.17) is 27.4 Å². The number of nitrogens with zero attached hydrogens (tertiary/aromatic N) is 1. The molecule has 3 N–H and O–H groups in total. The van der Waals surface area contributed by atoms with Crippen LogP contribution >= 0.6 is 11.6 Å². The number of hydrogen-bond acceptors (Lipinski definition) is 4. The van der Waals surface area contributed by atoms with E-state index in [1.54, 1.807) is 19.1 Å². The molecule has 0 aromatic heterocycles. The lowest BCUT2D eigenvalue weighted by Gasteiger charge is -2.16. The molecule has 1 unspecified atom stereocenters. The Morgan fingerprint density at radius 3 is 2.88 bits per heavy atom. The molecule has 1 rings (SSSR count). The van der Waals surface area contributed by atoms with Gasteiger partial charge in [0.25, 0.3) is 5.91 Å². The molecular formula is C11H12ClN3O2. The molecule has 0 bridgehead atoms. The van der Waals surface area contributed by atoms with Gasteiger partial charge in [0.05, 0.1) is 16.7 Å². The third-order valence-corrected chi connectivity index (χ3v) is 2.43. The lowest BCUT2D eigenvalue weighted by Crippen LogP contribution is -2.41. The first-order valence-electron chi connectivity index (χ1n) is 4.99. The van der Waals surface area contributed by atoms with Crippen molar-refractivity contribution in [1.82, 2.24) is 5.43 Å². The summed E-state index contributed by atoms with van der Waals surface area (Å²) >= 11 is 5.92. The fraction of sp³-hybridized carbons (Fsp3) is 0.273.